The van der Waals surface area contributed by atoms with Crippen LogP contribution in [0, 0.1) is 0 Å². The second-order valence-corrected chi connectivity index (χ2v) is 6.46. The van der Waals surface area contributed by atoms with Gasteiger partial charge < -0.3 is 15.5 Å². The second kappa shape index (κ2) is 8.81. The minimum atomic E-state index is -0.308. The monoisotopic (exact) mass is 374 g/mol. The fraction of sp³-hybridized carbons (Fsp3) is 0.136. The van der Waals surface area contributed by atoms with E-state index >= 15 is 0 Å². The van der Waals surface area contributed by atoms with Crippen molar-refractivity contribution in [3.05, 3.63) is 84.2 Å². The quantitative estimate of drug-likeness (QED) is 0.686. The van der Waals surface area contributed by atoms with Crippen molar-refractivity contribution in [3.8, 4) is 0 Å². The van der Waals surface area contributed by atoms with Gasteiger partial charge in [-0.15, -0.1) is 0 Å². The lowest BCUT2D eigenvalue weighted by Gasteiger charge is -2.19. The van der Waals surface area contributed by atoms with Gasteiger partial charge in [-0.05, 0) is 35.9 Å². The van der Waals surface area contributed by atoms with Gasteiger partial charge in [0.25, 0.3) is 5.91 Å². The zero-order valence-corrected chi connectivity index (χ0v) is 15.8. The number of aromatic nitrogens is 1. The van der Waals surface area contributed by atoms with E-state index in [1.54, 1.807) is 36.5 Å². The number of anilines is 3. The van der Waals surface area contributed by atoms with Crippen LogP contribution in [0.25, 0.3) is 0 Å². The summed E-state index contributed by atoms with van der Waals surface area (Å²) in [7, 11) is 1.98. The molecule has 3 rings (SSSR count). The van der Waals surface area contributed by atoms with E-state index in [1.165, 1.54) is 12.5 Å². The van der Waals surface area contributed by atoms with E-state index < -0.39 is 0 Å². The molecule has 0 saturated carbocycles. The Balaban J connectivity index is 1.64. The first kappa shape index (κ1) is 19.1. The molecule has 0 fully saturated rings. The van der Waals surface area contributed by atoms with Gasteiger partial charge in [-0.3, -0.25) is 9.59 Å². The molecule has 0 saturated heterocycles. The van der Waals surface area contributed by atoms with Gasteiger partial charge in [-0.2, -0.15) is 0 Å². The molecule has 1 aromatic heterocycles. The molecule has 0 atom stereocenters. The standard InChI is InChI=1S/C22H22N4O2/c1-16(27)24-18-9-6-10-19(13-18)25-22(28)21-12-11-20(14-23-21)26(2)15-17-7-4-3-5-8-17/h3-14H,15H2,1-2H3,(H,24,27)(H,25,28). The third kappa shape index (κ3) is 5.17. The number of nitrogens with zero attached hydrogens (tertiary/aromatic N) is 2. The number of nitrogens with one attached hydrogen (secondary N) is 2. The zero-order valence-electron chi connectivity index (χ0n) is 15.8. The predicted molar refractivity (Wildman–Crippen MR) is 111 cm³/mol. The Hall–Kier alpha value is -3.67. The molecule has 2 N–H and O–H groups in total. The van der Waals surface area contributed by atoms with Crippen molar-refractivity contribution in [2.24, 2.45) is 0 Å². The first-order chi connectivity index (χ1) is 13.5. The minimum Gasteiger partial charge on any atom is -0.369 e. The fourth-order valence-electron chi connectivity index (χ4n) is 2.77. The maximum Gasteiger partial charge on any atom is 0.274 e. The molecule has 3 aromatic rings. The third-order valence-corrected chi connectivity index (χ3v) is 4.12. The molecule has 2 aromatic carbocycles. The van der Waals surface area contributed by atoms with Gasteiger partial charge in [0.2, 0.25) is 5.91 Å². The molecule has 28 heavy (non-hydrogen) atoms. The summed E-state index contributed by atoms with van der Waals surface area (Å²) in [5, 5.41) is 5.48. The molecular weight excluding hydrogens is 352 g/mol. The Morgan fingerprint density at radius 3 is 2.29 bits per heavy atom. The van der Waals surface area contributed by atoms with Crippen LogP contribution in [0.15, 0.2) is 72.9 Å². The molecule has 0 unspecified atom stereocenters. The molecule has 0 aliphatic rings. The highest BCUT2D eigenvalue weighted by Crippen LogP contribution is 2.18. The zero-order chi connectivity index (χ0) is 19.9. The van der Waals surface area contributed by atoms with Gasteiger partial charge in [0.05, 0.1) is 11.9 Å². The molecule has 0 spiro atoms. The molecule has 2 amide bonds. The third-order valence-electron chi connectivity index (χ3n) is 4.12. The smallest absolute Gasteiger partial charge is 0.274 e. The van der Waals surface area contributed by atoms with Gasteiger partial charge in [0.15, 0.2) is 0 Å². The first-order valence-electron chi connectivity index (χ1n) is 8.91. The summed E-state index contributed by atoms with van der Waals surface area (Å²) in [6, 6.07) is 20.7. The van der Waals surface area contributed by atoms with Crippen molar-refractivity contribution < 1.29 is 9.59 Å². The lowest BCUT2D eigenvalue weighted by molar-refractivity contribution is -0.114. The minimum absolute atomic E-state index is 0.166. The highest BCUT2D eigenvalue weighted by atomic mass is 16.2. The first-order valence-corrected chi connectivity index (χ1v) is 8.91. The number of pyridine rings is 1. The van der Waals surface area contributed by atoms with E-state index in [0.29, 0.717) is 17.1 Å². The van der Waals surface area contributed by atoms with Crippen LogP contribution < -0.4 is 15.5 Å². The molecule has 6 heteroatoms. The summed E-state index contributed by atoms with van der Waals surface area (Å²) in [5.41, 5.74) is 3.65. The molecule has 0 aliphatic carbocycles. The van der Waals surface area contributed by atoms with Gasteiger partial charge in [0, 0.05) is 31.9 Å². The van der Waals surface area contributed by atoms with Crippen molar-refractivity contribution in [1.29, 1.82) is 0 Å². The van der Waals surface area contributed by atoms with E-state index in [9.17, 15) is 9.59 Å². The van der Waals surface area contributed by atoms with Crippen molar-refractivity contribution in [2.45, 2.75) is 13.5 Å². The van der Waals surface area contributed by atoms with Crippen molar-refractivity contribution in [2.75, 3.05) is 22.6 Å². The van der Waals surface area contributed by atoms with Crippen LogP contribution in [0.1, 0.15) is 23.0 Å². The molecule has 0 bridgehead atoms. The number of amides is 2. The van der Waals surface area contributed by atoms with Crippen LogP contribution in [0.4, 0.5) is 17.1 Å². The van der Waals surface area contributed by atoms with Crippen LogP contribution in [-0.2, 0) is 11.3 Å². The summed E-state index contributed by atoms with van der Waals surface area (Å²) in [6.07, 6.45) is 1.69. The van der Waals surface area contributed by atoms with Crippen LogP contribution in [0.3, 0.4) is 0 Å². The van der Waals surface area contributed by atoms with Gasteiger partial charge >= 0.3 is 0 Å². The maximum absolute atomic E-state index is 12.4. The summed E-state index contributed by atoms with van der Waals surface area (Å²) >= 11 is 0. The van der Waals surface area contributed by atoms with Gasteiger partial charge in [-0.1, -0.05) is 36.4 Å². The van der Waals surface area contributed by atoms with Crippen LogP contribution in [-0.4, -0.2) is 23.8 Å². The molecular formula is C22H22N4O2. The lowest BCUT2D eigenvalue weighted by atomic mass is 10.2. The molecule has 0 radical (unpaired) electrons. The average Bonchev–Trinajstić information content (AvgIpc) is 2.68. The highest BCUT2D eigenvalue weighted by molar-refractivity contribution is 6.03. The van der Waals surface area contributed by atoms with Gasteiger partial charge in [-0.25, -0.2) is 4.98 Å². The fourth-order valence-corrected chi connectivity index (χ4v) is 2.77. The van der Waals surface area contributed by atoms with Gasteiger partial charge in [0.1, 0.15) is 5.69 Å². The van der Waals surface area contributed by atoms with E-state index in [1.807, 2.05) is 31.3 Å². The summed E-state index contributed by atoms with van der Waals surface area (Å²) < 4.78 is 0. The van der Waals surface area contributed by atoms with E-state index in [0.717, 1.165) is 12.2 Å². The number of benzene rings is 2. The number of rotatable bonds is 6. The van der Waals surface area contributed by atoms with E-state index in [-0.39, 0.29) is 11.8 Å². The topological polar surface area (TPSA) is 74.3 Å². The highest BCUT2D eigenvalue weighted by Gasteiger charge is 2.10. The molecule has 6 nitrogen and oxygen atoms in total. The summed E-state index contributed by atoms with van der Waals surface area (Å²) in [4.78, 5) is 30.0. The van der Waals surface area contributed by atoms with E-state index in [4.69, 9.17) is 0 Å². The summed E-state index contributed by atoms with van der Waals surface area (Å²) in [6.45, 7) is 2.19. The number of carbonyl (C=O) groups excluding carboxylic acids is 2. The Bertz CT molecular complexity index is 956. The number of hydrogen-bond acceptors (Lipinski definition) is 4. The SMILES string of the molecule is CC(=O)Nc1cccc(NC(=O)c2ccc(N(C)Cc3ccccc3)cn2)c1. The summed E-state index contributed by atoms with van der Waals surface area (Å²) in [5.74, 6) is -0.474. The van der Waals surface area contributed by atoms with Crippen molar-refractivity contribution in [1.82, 2.24) is 4.98 Å². The number of hydrogen-bond donors (Lipinski definition) is 2. The van der Waals surface area contributed by atoms with Crippen LogP contribution in [0.5, 0.6) is 0 Å². The van der Waals surface area contributed by atoms with Crippen LogP contribution >= 0.6 is 0 Å². The Labute approximate surface area is 164 Å². The largest absolute Gasteiger partial charge is 0.369 e. The predicted octanol–water partition coefficient (Wildman–Crippen LogP) is 3.93. The molecule has 0 aliphatic heterocycles. The lowest BCUT2D eigenvalue weighted by Crippen LogP contribution is -2.18. The molecule has 142 valence electrons. The normalized spacial score (nSPS) is 10.2. The Morgan fingerprint density at radius 1 is 0.929 bits per heavy atom. The molecule has 1 heterocycles. The Morgan fingerprint density at radius 2 is 1.64 bits per heavy atom. The second-order valence-electron chi connectivity index (χ2n) is 6.46. The van der Waals surface area contributed by atoms with Crippen molar-refractivity contribution in [3.63, 3.8) is 0 Å². The average molecular weight is 374 g/mol. The van der Waals surface area contributed by atoms with Crippen molar-refractivity contribution >= 4 is 28.9 Å². The van der Waals surface area contributed by atoms with Crippen LogP contribution in [0.2, 0.25) is 0 Å². The number of carbonyl (C=O) groups is 2. The Kier molecular flexibility index (Phi) is 6.01. The maximum atomic E-state index is 12.4. The van der Waals surface area contributed by atoms with E-state index in [2.05, 4.69) is 32.7 Å².